The first-order valence-electron chi connectivity index (χ1n) is 10.4. The maximum absolute atomic E-state index is 12.5. The van der Waals surface area contributed by atoms with Gasteiger partial charge in [0, 0.05) is 29.7 Å². The Labute approximate surface area is 190 Å². The van der Waals surface area contributed by atoms with Gasteiger partial charge in [-0.15, -0.1) is 0 Å². The molecule has 4 rings (SSSR count). The number of aromatic nitrogens is 4. The summed E-state index contributed by atoms with van der Waals surface area (Å²) in [6.45, 7) is 3.63. The summed E-state index contributed by atoms with van der Waals surface area (Å²) in [4.78, 5) is 37.6. The molecule has 9 nitrogen and oxygen atoms in total. The Hall–Kier alpha value is -4.53. The smallest absolute Gasteiger partial charge is 0.256 e. The zero-order valence-corrected chi connectivity index (χ0v) is 18.2. The maximum Gasteiger partial charge on any atom is 0.256 e. The number of amides is 2. The van der Waals surface area contributed by atoms with E-state index in [-0.39, 0.29) is 17.9 Å². The number of nitrogens with two attached hydrogens (primary N) is 1. The maximum atomic E-state index is 12.5. The molecule has 2 amide bonds. The van der Waals surface area contributed by atoms with Crippen LogP contribution in [0.25, 0.3) is 16.8 Å². The van der Waals surface area contributed by atoms with Crippen molar-refractivity contribution >= 4 is 29.0 Å². The molecule has 0 saturated heterocycles. The first-order chi connectivity index (χ1) is 16.0. The molecule has 166 valence electrons. The normalized spacial score (nSPS) is 12.1. The summed E-state index contributed by atoms with van der Waals surface area (Å²) in [5, 5.41) is 5.65. The van der Waals surface area contributed by atoms with Crippen LogP contribution in [0.3, 0.4) is 0 Å². The van der Waals surface area contributed by atoms with E-state index in [1.165, 1.54) is 6.08 Å². The summed E-state index contributed by atoms with van der Waals surface area (Å²) in [6, 6.07) is 11.9. The lowest BCUT2D eigenvalue weighted by Crippen LogP contribution is -2.26. The quantitative estimate of drug-likeness (QED) is 0.394. The Morgan fingerprint density at radius 1 is 1.09 bits per heavy atom. The number of imidazole rings is 1. The molecule has 3 aromatic heterocycles. The van der Waals surface area contributed by atoms with Crippen LogP contribution in [-0.2, 0) is 4.79 Å². The van der Waals surface area contributed by atoms with Gasteiger partial charge in [-0.3, -0.25) is 14.0 Å². The number of rotatable bonds is 6. The fourth-order valence-electron chi connectivity index (χ4n) is 3.48. The predicted octanol–water partition coefficient (Wildman–Crippen LogP) is 3.38. The third-order valence-corrected chi connectivity index (χ3v) is 5.00. The molecule has 3 heterocycles. The zero-order valence-electron chi connectivity index (χ0n) is 18.2. The van der Waals surface area contributed by atoms with E-state index in [1.807, 2.05) is 11.3 Å². The molecule has 4 N–H and O–H groups in total. The molecule has 0 aliphatic rings. The third kappa shape index (κ3) is 4.57. The van der Waals surface area contributed by atoms with Gasteiger partial charge in [0.1, 0.15) is 28.7 Å². The molecule has 0 bridgehead atoms. The van der Waals surface area contributed by atoms with E-state index in [4.69, 9.17) is 10.7 Å². The second kappa shape index (κ2) is 9.31. The van der Waals surface area contributed by atoms with Crippen molar-refractivity contribution in [3.8, 4) is 11.3 Å². The van der Waals surface area contributed by atoms with Crippen molar-refractivity contribution in [1.29, 1.82) is 0 Å². The fourth-order valence-corrected chi connectivity index (χ4v) is 3.48. The molecule has 0 saturated carbocycles. The van der Waals surface area contributed by atoms with E-state index in [1.54, 1.807) is 74.1 Å². The Balaban J connectivity index is 1.66. The topological polar surface area (TPSA) is 127 Å². The van der Waals surface area contributed by atoms with Gasteiger partial charge in [-0.1, -0.05) is 24.3 Å². The second-order valence-electron chi connectivity index (χ2n) is 7.33. The minimum atomic E-state index is -0.375. The first kappa shape index (κ1) is 21.7. The van der Waals surface area contributed by atoms with Gasteiger partial charge in [-0.2, -0.15) is 0 Å². The molecule has 0 aliphatic carbocycles. The van der Waals surface area contributed by atoms with Crippen molar-refractivity contribution in [1.82, 2.24) is 24.7 Å². The Bertz CT molecular complexity index is 1330. The Kier molecular flexibility index (Phi) is 6.12. The van der Waals surface area contributed by atoms with Crippen molar-refractivity contribution in [3.05, 3.63) is 84.6 Å². The highest BCUT2D eigenvalue weighted by atomic mass is 16.2. The number of benzene rings is 1. The van der Waals surface area contributed by atoms with Gasteiger partial charge in [-0.05, 0) is 44.2 Å². The Morgan fingerprint density at radius 3 is 2.58 bits per heavy atom. The summed E-state index contributed by atoms with van der Waals surface area (Å²) in [5.74, 6) is 0.925. The number of carbonyl (C=O) groups excluding carboxylic acids is 2. The number of fused-ring (bicyclic) bond motifs is 1. The van der Waals surface area contributed by atoms with Crippen LogP contribution in [0.4, 0.5) is 11.6 Å². The summed E-state index contributed by atoms with van der Waals surface area (Å²) >= 11 is 0. The molecule has 0 fully saturated rings. The monoisotopic (exact) mass is 441 g/mol. The number of nitrogens with one attached hydrogen (secondary N) is 2. The molecule has 0 aliphatic heterocycles. The number of allylic oxidation sites excluding steroid dienone is 1. The summed E-state index contributed by atoms with van der Waals surface area (Å²) in [5.41, 5.74) is 8.66. The number of anilines is 2. The van der Waals surface area contributed by atoms with Crippen molar-refractivity contribution in [2.75, 3.05) is 11.1 Å². The number of nitrogen functional groups attached to an aromatic ring is 1. The van der Waals surface area contributed by atoms with Crippen molar-refractivity contribution < 1.29 is 9.59 Å². The van der Waals surface area contributed by atoms with Gasteiger partial charge in [0.2, 0.25) is 5.91 Å². The van der Waals surface area contributed by atoms with Crippen LogP contribution < -0.4 is 16.4 Å². The highest BCUT2D eigenvalue weighted by Gasteiger charge is 2.21. The summed E-state index contributed by atoms with van der Waals surface area (Å²) in [6.07, 6.45) is 8.08. The van der Waals surface area contributed by atoms with Gasteiger partial charge in [-0.25, -0.2) is 15.0 Å². The highest BCUT2D eigenvalue weighted by molar-refractivity contribution is 6.04. The van der Waals surface area contributed by atoms with E-state index in [9.17, 15) is 9.59 Å². The van der Waals surface area contributed by atoms with Crippen LogP contribution in [-0.4, -0.2) is 31.2 Å². The van der Waals surface area contributed by atoms with Gasteiger partial charge >= 0.3 is 0 Å². The SMILES string of the molecule is CC=CC(=O)N[C@@H](C)c1nc(-c2ccc(C(=O)Nc3ccccn3)cc2)c2c(N)nccn12. The lowest BCUT2D eigenvalue weighted by molar-refractivity contribution is -0.117. The minimum absolute atomic E-state index is 0.214. The third-order valence-electron chi connectivity index (χ3n) is 5.00. The van der Waals surface area contributed by atoms with Crippen LogP contribution in [0.5, 0.6) is 0 Å². The van der Waals surface area contributed by atoms with Gasteiger partial charge < -0.3 is 16.4 Å². The average Bonchev–Trinajstić information content (AvgIpc) is 3.21. The van der Waals surface area contributed by atoms with E-state index in [2.05, 4.69) is 20.6 Å². The number of hydrogen-bond acceptors (Lipinski definition) is 6. The van der Waals surface area contributed by atoms with Gasteiger partial charge in [0.05, 0.1) is 6.04 Å². The average molecular weight is 441 g/mol. The highest BCUT2D eigenvalue weighted by Crippen LogP contribution is 2.30. The molecule has 9 heteroatoms. The summed E-state index contributed by atoms with van der Waals surface area (Å²) < 4.78 is 1.82. The number of carbonyl (C=O) groups is 2. The number of pyridine rings is 1. The minimum Gasteiger partial charge on any atom is -0.382 e. The van der Waals surface area contributed by atoms with Crippen LogP contribution in [0.15, 0.2) is 73.2 Å². The van der Waals surface area contributed by atoms with Crippen LogP contribution in [0.2, 0.25) is 0 Å². The standard InChI is InChI=1S/C24H23N7O2/c1-3-6-19(32)28-15(2)23-30-20(21-22(25)27-13-14-31(21)23)16-8-10-17(11-9-16)24(33)29-18-7-4-5-12-26-18/h3-15H,1-2H3,(H2,25,27)(H,28,32)(H,26,29,33)/t15-/m0/s1. The lowest BCUT2D eigenvalue weighted by Gasteiger charge is -2.11. The largest absolute Gasteiger partial charge is 0.382 e. The van der Waals surface area contributed by atoms with Crippen molar-refractivity contribution in [3.63, 3.8) is 0 Å². The van der Waals surface area contributed by atoms with Gasteiger partial charge in [0.15, 0.2) is 0 Å². The van der Waals surface area contributed by atoms with Crippen molar-refractivity contribution in [2.24, 2.45) is 0 Å². The molecule has 1 atom stereocenters. The van der Waals surface area contributed by atoms with Crippen LogP contribution in [0, 0.1) is 0 Å². The molecule has 33 heavy (non-hydrogen) atoms. The van der Waals surface area contributed by atoms with E-state index < -0.39 is 0 Å². The predicted molar refractivity (Wildman–Crippen MR) is 126 cm³/mol. The molecule has 0 unspecified atom stereocenters. The van der Waals surface area contributed by atoms with Crippen molar-refractivity contribution in [2.45, 2.75) is 19.9 Å². The van der Waals surface area contributed by atoms with Gasteiger partial charge in [0.25, 0.3) is 5.91 Å². The molecule has 0 spiro atoms. The first-order valence-corrected chi connectivity index (χ1v) is 10.4. The molecule has 0 radical (unpaired) electrons. The molecule has 1 aromatic carbocycles. The van der Waals surface area contributed by atoms with E-state index in [0.717, 1.165) is 5.56 Å². The summed E-state index contributed by atoms with van der Waals surface area (Å²) in [7, 11) is 0. The number of nitrogens with zero attached hydrogens (tertiary/aromatic N) is 4. The molecular formula is C24H23N7O2. The Morgan fingerprint density at radius 2 is 1.88 bits per heavy atom. The second-order valence-corrected chi connectivity index (χ2v) is 7.33. The van der Waals surface area contributed by atoms with E-state index >= 15 is 0 Å². The fraction of sp³-hybridized carbons (Fsp3) is 0.125. The number of hydrogen-bond donors (Lipinski definition) is 3. The lowest BCUT2D eigenvalue weighted by atomic mass is 10.1. The van der Waals surface area contributed by atoms with E-state index in [0.29, 0.717) is 34.2 Å². The molecular weight excluding hydrogens is 418 g/mol. The molecule has 4 aromatic rings. The zero-order chi connectivity index (χ0) is 23.4. The van der Waals surface area contributed by atoms with Crippen LogP contribution in [0.1, 0.15) is 36.1 Å². The van der Waals surface area contributed by atoms with Crippen LogP contribution >= 0.6 is 0 Å².